The van der Waals surface area contributed by atoms with Crippen LogP contribution in [0.1, 0.15) is 34.6 Å². The number of carbonyl (C=O) groups is 1. The Hall–Kier alpha value is -0.790. The smallest absolute Gasteiger partial charge is 0.220 e. The molecule has 0 radical (unpaired) electrons. The van der Waals surface area contributed by atoms with E-state index in [1.165, 1.54) is 6.92 Å². The van der Waals surface area contributed by atoms with Gasteiger partial charge in [0.25, 0.3) is 0 Å². The van der Waals surface area contributed by atoms with Gasteiger partial charge in [-0.3, -0.25) is 4.79 Å². The van der Waals surface area contributed by atoms with Crippen molar-refractivity contribution in [2.45, 2.75) is 34.6 Å². The predicted octanol–water partition coefficient (Wildman–Crippen LogP) is 2.07. The summed E-state index contributed by atoms with van der Waals surface area (Å²) in [6, 6.07) is 0. The molecule has 0 aliphatic rings. The summed E-state index contributed by atoms with van der Waals surface area (Å²) in [6.07, 6.45) is 2.04. The quantitative estimate of drug-likeness (QED) is 0.617. The number of rotatable bonds is 1. The van der Waals surface area contributed by atoms with Crippen molar-refractivity contribution in [2.24, 2.45) is 5.41 Å². The Morgan fingerprint density at radius 3 is 2.00 bits per heavy atom. The van der Waals surface area contributed by atoms with E-state index in [2.05, 4.69) is 26.1 Å². The van der Waals surface area contributed by atoms with Gasteiger partial charge in [0.1, 0.15) is 0 Å². The van der Waals surface area contributed by atoms with Crippen molar-refractivity contribution >= 4 is 5.91 Å². The lowest BCUT2D eigenvalue weighted by Crippen LogP contribution is -2.18. The molecule has 2 heteroatoms. The van der Waals surface area contributed by atoms with Gasteiger partial charge in [-0.25, -0.2) is 0 Å². The van der Waals surface area contributed by atoms with Crippen LogP contribution in [-0.2, 0) is 4.79 Å². The van der Waals surface area contributed by atoms with Crippen LogP contribution in [0.4, 0.5) is 0 Å². The number of nitrogens with one attached hydrogen (secondary N) is 1. The first-order valence-corrected chi connectivity index (χ1v) is 3.78. The summed E-state index contributed by atoms with van der Waals surface area (Å²) < 4.78 is 0. The Bertz CT molecular complexity index is 174. The van der Waals surface area contributed by atoms with Crippen LogP contribution < -0.4 is 5.32 Å². The molecule has 0 aromatic rings. The summed E-state index contributed by atoms with van der Waals surface area (Å²) in [5, 5.41) is 2.72. The van der Waals surface area contributed by atoms with E-state index in [0.29, 0.717) is 0 Å². The SMILES string of the molecule is CC(=O)N/C(C)=C/C(C)(C)C. The van der Waals surface area contributed by atoms with Crippen LogP contribution in [0.5, 0.6) is 0 Å². The van der Waals surface area contributed by atoms with Gasteiger partial charge in [0.05, 0.1) is 0 Å². The van der Waals surface area contributed by atoms with Gasteiger partial charge < -0.3 is 5.32 Å². The third kappa shape index (κ3) is 7.10. The highest BCUT2D eigenvalue weighted by Crippen LogP contribution is 2.16. The predicted molar refractivity (Wildman–Crippen MR) is 47.0 cm³/mol. The van der Waals surface area contributed by atoms with Gasteiger partial charge in [0.15, 0.2) is 0 Å². The number of amides is 1. The molecule has 0 aromatic carbocycles. The molecular weight excluding hydrogens is 138 g/mol. The van der Waals surface area contributed by atoms with E-state index < -0.39 is 0 Å². The zero-order valence-electron chi connectivity index (χ0n) is 7.99. The van der Waals surface area contributed by atoms with Gasteiger partial charge in [-0.05, 0) is 12.3 Å². The van der Waals surface area contributed by atoms with Crippen molar-refractivity contribution in [3.8, 4) is 0 Å². The van der Waals surface area contributed by atoms with E-state index in [1.54, 1.807) is 0 Å². The number of hydrogen-bond acceptors (Lipinski definition) is 1. The lowest BCUT2D eigenvalue weighted by molar-refractivity contribution is -0.118. The molecule has 0 aromatic heterocycles. The molecule has 0 saturated heterocycles. The molecule has 0 aliphatic carbocycles. The summed E-state index contributed by atoms with van der Waals surface area (Å²) in [6.45, 7) is 9.70. The third-order valence-electron chi connectivity index (χ3n) is 1.02. The zero-order valence-corrected chi connectivity index (χ0v) is 7.99. The maximum Gasteiger partial charge on any atom is 0.220 e. The van der Waals surface area contributed by atoms with E-state index in [4.69, 9.17) is 0 Å². The third-order valence-corrected chi connectivity index (χ3v) is 1.02. The first kappa shape index (κ1) is 10.2. The van der Waals surface area contributed by atoms with Gasteiger partial charge >= 0.3 is 0 Å². The first-order valence-electron chi connectivity index (χ1n) is 3.78. The standard InChI is InChI=1S/C9H17NO/c1-7(10-8(2)11)6-9(3,4)5/h6H,1-5H3,(H,10,11)/b7-6+. The number of carbonyl (C=O) groups excluding carboxylic acids is 1. The average molecular weight is 155 g/mol. The summed E-state index contributed by atoms with van der Waals surface area (Å²) in [4.78, 5) is 10.6. The molecule has 2 nitrogen and oxygen atoms in total. The van der Waals surface area contributed by atoms with E-state index in [9.17, 15) is 4.79 Å². The highest BCUT2D eigenvalue weighted by atomic mass is 16.1. The van der Waals surface area contributed by atoms with Gasteiger partial charge in [-0.2, -0.15) is 0 Å². The van der Waals surface area contributed by atoms with Crippen LogP contribution in [0.25, 0.3) is 0 Å². The van der Waals surface area contributed by atoms with Crippen LogP contribution in [0, 0.1) is 5.41 Å². The molecule has 0 bridgehead atoms. The van der Waals surface area contributed by atoms with Crippen LogP contribution in [0.2, 0.25) is 0 Å². The fourth-order valence-electron chi connectivity index (χ4n) is 0.963. The molecule has 64 valence electrons. The summed E-state index contributed by atoms with van der Waals surface area (Å²) in [7, 11) is 0. The second-order valence-electron chi connectivity index (χ2n) is 3.87. The van der Waals surface area contributed by atoms with Crippen molar-refractivity contribution < 1.29 is 4.79 Å². The molecule has 1 amide bonds. The van der Waals surface area contributed by atoms with Gasteiger partial charge in [0, 0.05) is 12.6 Å². The molecule has 0 unspecified atom stereocenters. The average Bonchev–Trinajstić information content (AvgIpc) is 1.53. The molecule has 0 aliphatic heterocycles. The molecule has 0 fully saturated rings. The van der Waals surface area contributed by atoms with Crippen LogP contribution >= 0.6 is 0 Å². The Morgan fingerprint density at radius 1 is 1.27 bits per heavy atom. The molecular formula is C9H17NO. The van der Waals surface area contributed by atoms with Crippen LogP contribution in [0.3, 0.4) is 0 Å². The summed E-state index contributed by atoms with van der Waals surface area (Å²) in [5.41, 5.74) is 1.05. The molecule has 0 rings (SSSR count). The number of hydrogen-bond donors (Lipinski definition) is 1. The van der Waals surface area contributed by atoms with E-state index in [1.807, 2.05) is 13.0 Å². The lowest BCUT2D eigenvalue weighted by atomic mass is 9.95. The van der Waals surface area contributed by atoms with Crippen molar-refractivity contribution in [1.29, 1.82) is 0 Å². The van der Waals surface area contributed by atoms with Crippen LogP contribution in [0.15, 0.2) is 11.8 Å². The molecule has 1 N–H and O–H groups in total. The summed E-state index contributed by atoms with van der Waals surface area (Å²) >= 11 is 0. The molecule has 0 atom stereocenters. The first-order chi connectivity index (χ1) is 4.81. The maximum atomic E-state index is 10.6. The van der Waals surface area contributed by atoms with Gasteiger partial charge in [-0.1, -0.05) is 26.8 Å². The second-order valence-corrected chi connectivity index (χ2v) is 3.87. The highest BCUT2D eigenvalue weighted by Gasteiger charge is 2.06. The topological polar surface area (TPSA) is 29.1 Å². The Labute approximate surface area is 68.7 Å². The van der Waals surface area contributed by atoms with Gasteiger partial charge in [0.2, 0.25) is 5.91 Å². The lowest BCUT2D eigenvalue weighted by Gasteiger charge is -2.14. The normalized spacial score (nSPS) is 13.0. The molecule has 11 heavy (non-hydrogen) atoms. The molecule has 0 spiro atoms. The number of allylic oxidation sites excluding steroid dienone is 2. The Morgan fingerprint density at radius 2 is 1.73 bits per heavy atom. The van der Waals surface area contributed by atoms with Crippen molar-refractivity contribution in [1.82, 2.24) is 5.32 Å². The Kier molecular flexibility index (Phi) is 3.30. The zero-order chi connectivity index (χ0) is 9.07. The van der Waals surface area contributed by atoms with Crippen LogP contribution in [-0.4, -0.2) is 5.91 Å². The minimum Gasteiger partial charge on any atom is -0.331 e. The van der Waals surface area contributed by atoms with E-state index >= 15 is 0 Å². The largest absolute Gasteiger partial charge is 0.331 e. The monoisotopic (exact) mass is 155 g/mol. The van der Waals surface area contributed by atoms with Gasteiger partial charge in [-0.15, -0.1) is 0 Å². The molecule has 0 saturated carbocycles. The fourth-order valence-corrected chi connectivity index (χ4v) is 0.963. The minimum atomic E-state index is -0.0111. The van der Waals surface area contributed by atoms with Crippen molar-refractivity contribution in [2.75, 3.05) is 0 Å². The van der Waals surface area contributed by atoms with Crippen molar-refractivity contribution in [3.05, 3.63) is 11.8 Å². The Balaban J connectivity index is 4.12. The fraction of sp³-hybridized carbons (Fsp3) is 0.667. The highest BCUT2D eigenvalue weighted by molar-refractivity contribution is 5.74. The minimum absolute atomic E-state index is 0.0111. The van der Waals surface area contributed by atoms with Crippen molar-refractivity contribution in [3.63, 3.8) is 0 Å². The van der Waals surface area contributed by atoms with E-state index in [0.717, 1.165) is 5.70 Å². The summed E-state index contributed by atoms with van der Waals surface area (Å²) in [5.74, 6) is -0.0111. The molecule has 0 heterocycles. The maximum absolute atomic E-state index is 10.6. The second kappa shape index (κ2) is 3.56. The van der Waals surface area contributed by atoms with E-state index in [-0.39, 0.29) is 11.3 Å².